The van der Waals surface area contributed by atoms with Crippen molar-refractivity contribution in [3.05, 3.63) is 29.8 Å². The third-order valence-corrected chi connectivity index (χ3v) is 4.15. The minimum atomic E-state index is -0.308. The maximum absolute atomic E-state index is 11.3. The maximum Gasteiger partial charge on any atom is 0.337 e. The van der Waals surface area contributed by atoms with Crippen molar-refractivity contribution in [1.82, 2.24) is 0 Å². The molecule has 0 aliphatic heterocycles. The van der Waals surface area contributed by atoms with Crippen LogP contribution < -0.4 is 0 Å². The van der Waals surface area contributed by atoms with Crippen molar-refractivity contribution in [2.24, 2.45) is 0 Å². The summed E-state index contributed by atoms with van der Waals surface area (Å²) in [5.74, 6) is 0.600. The molecule has 1 rings (SSSR count). The Morgan fingerprint density at radius 2 is 1.62 bits per heavy atom. The highest BCUT2D eigenvalue weighted by Crippen LogP contribution is 2.20. The van der Waals surface area contributed by atoms with Crippen LogP contribution in [0.15, 0.2) is 29.2 Å². The summed E-state index contributed by atoms with van der Waals surface area (Å²) in [5.41, 5.74) is 0.574. The van der Waals surface area contributed by atoms with E-state index < -0.39 is 0 Å². The quantitative estimate of drug-likeness (QED) is 0.395. The third-order valence-electron chi connectivity index (χ3n) is 3.05. The molecule has 0 amide bonds. The van der Waals surface area contributed by atoms with Crippen molar-refractivity contribution in [1.29, 1.82) is 0 Å². The molecule has 5 heteroatoms. The first-order chi connectivity index (χ1) is 10.2. The molecular formula is C16H22O4S. The van der Waals surface area contributed by atoms with Crippen molar-refractivity contribution in [2.45, 2.75) is 37.0 Å². The Morgan fingerprint density at radius 1 is 0.952 bits per heavy atom. The molecule has 0 unspecified atom stereocenters. The molecule has 0 aromatic heterocycles. The minimum absolute atomic E-state index is 0.130. The van der Waals surface area contributed by atoms with Gasteiger partial charge >= 0.3 is 11.9 Å². The van der Waals surface area contributed by atoms with Gasteiger partial charge in [-0.3, -0.25) is 4.79 Å². The summed E-state index contributed by atoms with van der Waals surface area (Å²) in [6.45, 7) is 0. The fraction of sp³-hybridized carbons (Fsp3) is 0.500. The molecule has 0 bridgehead atoms. The van der Waals surface area contributed by atoms with Gasteiger partial charge in [0, 0.05) is 11.3 Å². The van der Waals surface area contributed by atoms with Crippen LogP contribution in [-0.2, 0) is 14.3 Å². The second kappa shape index (κ2) is 10.3. The highest BCUT2D eigenvalue weighted by molar-refractivity contribution is 7.99. The number of hydrogen-bond donors (Lipinski definition) is 0. The normalized spacial score (nSPS) is 10.2. The van der Waals surface area contributed by atoms with E-state index in [0.29, 0.717) is 12.0 Å². The lowest BCUT2D eigenvalue weighted by Crippen LogP contribution is -2.00. The summed E-state index contributed by atoms with van der Waals surface area (Å²) < 4.78 is 9.25. The van der Waals surface area contributed by atoms with Crippen LogP contribution in [-0.4, -0.2) is 31.9 Å². The molecule has 0 saturated carbocycles. The van der Waals surface area contributed by atoms with Crippen molar-refractivity contribution in [3.63, 3.8) is 0 Å². The van der Waals surface area contributed by atoms with E-state index in [1.165, 1.54) is 14.2 Å². The van der Waals surface area contributed by atoms with E-state index in [1.807, 2.05) is 12.1 Å². The van der Waals surface area contributed by atoms with E-state index in [2.05, 4.69) is 9.47 Å². The van der Waals surface area contributed by atoms with Crippen LogP contribution in [0.25, 0.3) is 0 Å². The lowest BCUT2D eigenvalue weighted by Gasteiger charge is -2.04. The number of thioether (sulfide) groups is 1. The lowest BCUT2D eigenvalue weighted by atomic mass is 10.1. The van der Waals surface area contributed by atoms with E-state index in [0.717, 1.165) is 36.3 Å². The standard InChI is InChI=1S/C16H22O4S/c1-19-15(17)7-5-3-4-6-12-21-14-10-8-13(9-11-14)16(18)20-2/h8-11H,3-7,12H2,1-2H3. The van der Waals surface area contributed by atoms with Crippen LogP contribution in [0.4, 0.5) is 0 Å². The summed E-state index contributed by atoms with van der Waals surface area (Å²) in [6, 6.07) is 7.44. The summed E-state index contributed by atoms with van der Waals surface area (Å²) in [7, 11) is 2.80. The molecule has 116 valence electrons. The van der Waals surface area contributed by atoms with E-state index in [4.69, 9.17) is 0 Å². The number of benzene rings is 1. The van der Waals surface area contributed by atoms with Crippen molar-refractivity contribution < 1.29 is 19.1 Å². The van der Waals surface area contributed by atoms with Crippen LogP contribution in [0.1, 0.15) is 42.5 Å². The summed E-state index contributed by atoms with van der Waals surface area (Å²) in [5, 5.41) is 0. The van der Waals surface area contributed by atoms with E-state index in [1.54, 1.807) is 23.9 Å². The Kier molecular flexibility index (Phi) is 8.59. The van der Waals surface area contributed by atoms with Crippen LogP contribution in [0, 0.1) is 0 Å². The third kappa shape index (κ3) is 7.18. The first-order valence-corrected chi connectivity index (χ1v) is 8.04. The highest BCUT2D eigenvalue weighted by atomic mass is 32.2. The zero-order valence-electron chi connectivity index (χ0n) is 12.6. The first-order valence-electron chi connectivity index (χ1n) is 7.05. The molecule has 0 aliphatic carbocycles. The van der Waals surface area contributed by atoms with Crippen LogP contribution in [0.5, 0.6) is 0 Å². The van der Waals surface area contributed by atoms with Gasteiger partial charge in [0.05, 0.1) is 19.8 Å². The summed E-state index contributed by atoms with van der Waals surface area (Å²) >= 11 is 1.77. The average molecular weight is 310 g/mol. The molecule has 0 saturated heterocycles. The number of unbranched alkanes of at least 4 members (excludes halogenated alkanes) is 3. The second-order valence-corrected chi connectivity index (χ2v) is 5.77. The van der Waals surface area contributed by atoms with Crippen molar-refractivity contribution in [2.75, 3.05) is 20.0 Å². The van der Waals surface area contributed by atoms with Gasteiger partial charge in [0.15, 0.2) is 0 Å². The zero-order valence-corrected chi connectivity index (χ0v) is 13.4. The molecule has 0 N–H and O–H groups in total. The van der Waals surface area contributed by atoms with Crippen LogP contribution in [0.3, 0.4) is 0 Å². The zero-order chi connectivity index (χ0) is 15.5. The van der Waals surface area contributed by atoms with Crippen molar-refractivity contribution in [3.8, 4) is 0 Å². The SMILES string of the molecule is COC(=O)CCCCCCSc1ccc(C(=O)OC)cc1. The van der Waals surface area contributed by atoms with Gasteiger partial charge in [-0.1, -0.05) is 12.8 Å². The monoisotopic (exact) mass is 310 g/mol. The molecule has 0 heterocycles. The molecule has 21 heavy (non-hydrogen) atoms. The number of carbonyl (C=O) groups is 2. The highest BCUT2D eigenvalue weighted by Gasteiger charge is 2.04. The Balaban J connectivity index is 2.13. The van der Waals surface area contributed by atoms with Crippen molar-refractivity contribution >= 4 is 23.7 Å². The smallest absolute Gasteiger partial charge is 0.337 e. The molecule has 0 fully saturated rings. The van der Waals surface area contributed by atoms with Gasteiger partial charge in [0.2, 0.25) is 0 Å². The molecular weight excluding hydrogens is 288 g/mol. The van der Waals surface area contributed by atoms with Crippen LogP contribution >= 0.6 is 11.8 Å². The van der Waals surface area contributed by atoms with Gasteiger partial charge in [-0.05, 0) is 42.9 Å². The number of esters is 2. The fourth-order valence-electron chi connectivity index (χ4n) is 1.82. The number of ether oxygens (including phenoxy) is 2. The molecule has 1 aromatic carbocycles. The Morgan fingerprint density at radius 3 is 2.24 bits per heavy atom. The van der Waals surface area contributed by atoms with Gasteiger partial charge in [-0.15, -0.1) is 11.8 Å². The number of methoxy groups -OCH3 is 2. The minimum Gasteiger partial charge on any atom is -0.469 e. The van der Waals surface area contributed by atoms with E-state index in [-0.39, 0.29) is 11.9 Å². The predicted molar refractivity (Wildman–Crippen MR) is 83.6 cm³/mol. The van der Waals surface area contributed by atoms with Gasteiger partial charge in [0.25, 0.3) is 0 Å². The molecule has 0 spiro atoms. The average Bonchev–Trinajstić information content (AvgIpc) is 2.53. The van der Waals surface area contributed by atoms with Gasteiger partial charge in [-0.25, -0.2) is 4.79 Å². The van der Waals surface area contributed by atoms with Gasteiger partial charge in [0.1, 0.15) is 0 Å². The van der Waals surface area contributed by atoms with Gasteiger partial charge in [-0.2, -0.15) is 0 Å². The number of rotatable bonds is 9. The van der Waals surface area contributed by atoms with E-state index in [9.17, 15) is 9.59 Å². The lowest BCUT2D eigenvalue weighted by molar-refractivity contribution is -0.140. The Bertz CT molecular complexity index is 442. The number of carbonyl (C=O) groups excluding carboxylic acids is 2. The molecule has 4 nitrogen and oxygen atoms in total. The Hall–Kier alpha value is -1.49. The predicted octanol–water partition coefficient (Wildman–Crippen LogP) is 3.69. The summed E-state index contributed by atoms with van der Waals surface area (Å²) in [4.78, 5) is 23.4. The topological polar surface area (TPSA) is 52.6 Å². The molecule has 0 radical (unpaired) electrons. The van der Waals surface area contributed by atoms with Gasteiger partial charge < -0.3 is 9.47 Å². The molecule has 0 atom stereocenters. The summed E-state index contributed by atoms with van der Waals surface area (Å²) in [6.07, 6.45) is 4.69. The number of hydrogen-bond acceptors (Lipinski definition) is 5. The van der Waals surface area contributed by atoms with E-state index >= 15 is 0 Å². The molecule has 1 aromatic rings. The largest absolute Gasteiger partial charge is 0.469 e. The second-order valence-electron chi connectivity index (χ2n) is 4.60. The molecule has 0 aliphatic rings. The van der Waals surface area contributed by atoms with Crippen LogP contribution in [0.2, 0.25) is 0 Å². The first kappa shape index (κ1) is 17.6. The maximum atomic E-state index is 11.3. The Labute approximate surface area is 130 Å². The fourth-order valence-corrected chi connectivity index (χ4v) is 2.73.